The minimum atomic E-state index is -0.509. The van der Waals surface area contributed by atoms with E-state index in [2.05, 4.69) is 5.32 Å². The Hall–Kier alpha value is -3.45. The van der Waals surface area contributed by atoms with Crippen LogP contribution in [0.25, 0.3) is 0 Å². The third kappa shape index (κ3) is 5.14. The maximum Gasteiger partial charge on any atom is 0.324 e. The summed E-state index contributed by atoms with van der Waals surface area (Å²) in [7, 11) is 0. The Bertz CT molecular complexity index is 1220. The van der Waals surface area contributed by atoms with E-state index in [0.717, 1.165) is 11.6 Å². The molecule has 1 N–H and O–H groups in total. The highest BCUT2D eigenvalue weighted by atomic mass is 35.5. The Balaban J connectivity index is 1.59. The van der Waals surface area contributed by atoms with Crippen LogP contribution in [-0.4, -0.2) is 29.9 Å². The van der Waals surface area contributed by atoms with Crippen molar-refractivity contribution in [3.8, 4) is 0 Å². The molecule has 1 aliphatic heterocycles. The number of aryl methyl sites for hydroxylation is 1. The lowest BCUT2D eigenvalue weighted by molar-refractivity contribution is 0.102. The zero-order valence-corrected chi connectivity index (χ0v) is 18.7. The molecule has 5 nitrogen and oxygen atoms in total. The van der Waals surface area contributed by atoms with Gasteiger partial charge >= 0.3 is 6.03 Å². The van der Waals surface area contributed by atoms with Gasteiger partial charge in [-0.1, -0.05) is 23.7 Å². The van der Waals surface area contributed by atoms with E-state index < -0.39 is 17.5 Å². The van der Waals surface area contributed by atoms with Crippen LogP contribution in [0, 0.1) is 18.6 Å². The topological polar surface area (TPSA) is 52.6 Å². The van der Waals surface area contributed by atoms with Gasteiger partial charge in [-0.15, -0.1) is 0 Å². The molecule has 1 saturated heterocycles. The number of carbonyl (C=O) groups excluding carboxylic acids is 2. The first kappa shape index (κ1) is 22.7. The largest absolute Gasteiger partial charge is 0.324 e. The molecule has 0 bridgehead atoms. The fourth-order valence-corrected chi connectivity index (χ4v) is 4.01. The first-order valence-electron chi connectivity index (χ1n) is 10.5. The van der Waals surface area contributed by atoms with Crippen molar-refractivity contribution in [3.05, 3.63) is 94.0 Å². The third-order valence-corrected chi connectivity index (χ3v) is 5.83. The molecule has 0 aromatic heterocycles. The molecule has 1 aliphatic rings. The lowest BCUT2D eigenvalue weighted by atomic mass is 10.1. The van der Waals surface area contributed by atoms with Crippen LogP contribution in [-0.2, 0) is 6.54 Å². The highest BCUT2D eigenvalue weighted by Crippen LogP contribution is 2.31. The van der Waals surface area contributed by atoms with E-state index in [-0.39, 0.29) is 18.1 Å². The SMILES string of the molecule is Cc1ccc(N2CCCN(Cc3cc(F)ccc3Cl)C2=O)c(NC(=O)c2cccc(F)c2)c1. The Morgan fingerprint density at radius 2 is 1.82 bits per heavy atom. The molecular formula is C25H22ClF2N3O2. The van der Waals surface area contributed by atoms with E-state index in [1.165, 1.54) is 36.4 Å². The predicted molar refractivity (Wildman–Crippen MR) is 125 cm³/mol. The summed E-state index contributed by atoms with van der Waals surface area (Å²) in [5.41, 5.74) is 2.57. The number of carbonyl (C=O) groups is 2. The van der Waals surface area contributed by atoms with Gasteiger partial charge < -0.3 is 10.2 Å². The number of urea groups is 1. The molecule has 1 fully saturated rings. The molecule has 0 spiro atoms. The molecule has 0 aliphatic carbocycles. The van der Waals surface area contributed by atoms with Crippen LogP contribution in [0.15, 0.2) is 60.7 Å². The second kappa shape index (κ2) is 9.58. The number of hydrogen-bond donors (Lipinski definition) is 1. The van der Waals surface area contributed by atoms with E-state index in [9.17, 15) is 18.4 Å². The van der Waals surface area contributed by atoms with Crippen molar-refractivity contribution in [2.45, 2.75) is 19.9 Å². The Kier molecular flexibility index (Phi) is 6.60. The highest BCUT2D eigenvalue weighted by Gasteiger charge is 2.29. The minimum absolute atomic E-state index is 0.169. The number of hydrogen-bond acceptors (Lipinski definition) is 2. The quantitative estimate of drug-likeness (QED) is 0.497. The van der Waals surface area contributed by atoms with Crippen molar-refractivity contribution < 1.29 is 18.4 Å². The lowest BCUT2D eigenvalue weighted by Crippen LogP contribution is -2.49. The van der Waals surface area contributed by atoms with E-state index in [0.29, 0.717) is 41.5 Å². The van der Waals surface area contributed by atoms with Crippen LogP contribution < -0.4 is 10.2 Å². The van der Waals surface area contributed by atoms with Gasteiger partial charge in [-0.25, -0.2) is 13.6 Å². The average molecular weight is 470 g/mol. The molecule has 33 heavy (non-hydrogen) atoms. The first-order chi connectivity index (χ1) is 15.8. The van der Waals surface area contributed by atoms with Crippen molar-refractivity contribution in [2.24, 2.45) is 0 Å². The van der Waals surface area contributed by atoms with Gasteiger partial charge in [0.25, 0.3) is 5.91 Å². The minimum Gasteiger partial charge on any atom is -0.320 e. The van der Waals surface area contributed by atoms with Gasteiger partial charge in [0, 0.05) is 30.2 Å². The number of anilines is 2. The molecular weight excluding hydrogens is 448 g/mol. The molecule has 0 unspecified atom stereocenters. The lowest BCUT2D eigenvalue weighted by Gasteiger charge is -2.36. The third-order valence-electron chi connectivity index (χ3n) is 5.46. The molecule has 0 radical (unpaired) electrons. The van der Waals surface area contributed by atoms with E-state index in [1.54, 1.807) is 21.9 Å². The molecule has 170 valence electrons. The summed E-state index contributed by atoms with van der Waals surface area (Å²) in [6, 6.07) is 14.6. The van der Waals surface area contributed by atoms with Crippen LogP contribution in [0.3, 0.4) is 0 Å². The Morgan fingerprint density at radius 1 is 1.03 bits per heavy atom. The number of halogens is 3. The molecule has 4 rings (SSSR count). The van der Waals surface area contributed by atoms with Crippen molar-refractivity contribution in [2.75, 3.05) is 23.3 Å². The number of nitrogens with zero attached hydrogens (tertiary/aromatic N) is 2. The molecule has 3 amide bonds. The average Bonchev–Trinajstić information content (AvgIpc) is 2.78. The second-order valence-corrected chi connectivity index (χ2v) is 8.34. The van der Waals surface area contributed by atoms with E-state index >= 15 is 0 Å². The van der Waals surface area contributed by atoms with Crippen molar-refractivity contribution in [3.63, 3.8) is 0 Å². The van der Waals surface area contributed by atoms with Crippen LogP contribution >= 0.6 is 11.6 Å². The van der Waals surface area contributed by atoms with Gasteiger partial charge in [-0.2, -0.15) is 0 Å². The fraction of sp³-hybridized carbons (Fsp3) is 0.200. The van der Waals surface area contributed by atoms with Crippen LogP contribution in [0.5, 0.6) is 0 Å². The van der Waals surface area contributed by atoms with Gasteiger partial charge in [0.2, 0.25) is 0 Å². The monoisotopic (exact) mass is 469 g/mol. The molecule has 8 heteroatoms. The summed E-state index contributed by atoms with van der Waals surface area (Å²) in [6.45, 7) is 3.00. The maximum absolute atomic E-state index is 13.7. The maximum atomic E-state index is 13.7. The van der Waals surface area contributed by atoms with E-state index in [4.69, 9.17) is 11.6 Å². The molecule has 0 atom stereocenters. The number of rotatable bonds is 5. The molecule has 0 saturated carbocycles. The number of amides is 3. The second-order valence-electron chi connectivity index (χ2n) is 7.93. The summed E-state index contributed by atoms with van der Waals surface area (Å²) in [5, 5.41) is 3.19. The predicted octanol–water partition coefficient (Wildman–Crippen LogP) is 6.01. The number of benzene rings is 3. The normalized spacial score (nSPS) is 13.9. The summed E-state index contributed by atoms with van der Waals surface area (Å²) < 4.78 is 27.2. The van der Waals surface area contributed by atoms with Gasteiger partial charge in [-0.05, 0) is 73.0 Å². The smallest absolute Gasteiger partial charge is 0.320 e. The zero-order valence-electron chi connectivity index (χ0n) is 17.9. The molecule has 3 aromatic rings. The molecule has 1 heterocycles. The zero-order chi connectivity index (χ0) is 23.5. The highest BCUT2D eigenvalue weighted by molar-refractivity contribution is 6.31. The van der Waals surface area contributed by atoms with E-state index in [1.807, 2.05) is 13.0 Å². The summed E-state index contributed by atoms with van der Waals surface area (Å²) in [5.74, 6) is -1.41. The molecule has 3 aromatic carbocycles. The van der Waals surface area contributed by atoms with Crippen molar-refractivity contribution in [1.82, 2.24) is 4.90 Å². The number of nitrogens with one attached hydrogen (secondary N) is 1. The van der Waals surface area contributed by atoms with Crippen LogP contribution in [0.4, 0.5) is 25.0 Å². The van der Waals surface area contributed by atoms with Gasteiger partial charge in [0.15, 0.2) is 0 Å². The standard InChI is InChI=1S/C25H22ClF2N3O2/c1-16-6-9-23(22(12-16)29-24(32)17-4-2-5-19(27)13-17)31-11-3-10-30(25(31)33)15-18-14-20(28)7-8-21(18)26/h2,4-9,12-14H,3,10-11,15H2,1H3,(H,29,32). The summed E-state index contributed by atoms with van der Waals surface area (Å²) >= 11 is 6.19. The van der Waals surface area contributed by atoms with Crippen molar-refractivity contribution in [1.29, 1.82) is 0 Å². The summed E-state index contributed by atoms with van der Waals surface area (Å²) in [4.78, 5) is 29.2. The Labute approximate surface area is 195 Å². The Morgan fingerprint density at radius 3 is 2.61 bits per heavy atom. The summed E-state index contributed by atoms with van der Waals surface area (Å²) in [6.07, 6.45) is 0.684. The first-order valence-corrected chi connectivity index (χ1v) is 10.9. The fourth-order valence-electron chi connectivity index (χ4n) is 3.83. The van der Waals surface area contributed by atoms with Crippen LogP contribution in [0.2, 0.25) is 5.02 Å². The van der Waals surface area contributed by atoms with Gasteiger partial charge in [-0.3, -0.25) is 9.69 Å². The van der Waals surface area contributed by atoms with Gasteiger partial charge in [0.1, 0.15) is 11.6 Å². The van der Waals surface area contributed by atoms with Crippen LogP contribution in [0.1, 0.15) is 27.9 Å². The van der Waals surface area contributed by atoms with Crippen molar-refractivity contribution >= 4 is 34.9 Å². The van der Waals surface area contributed by atoms with Gasteiger partial charge in [0.05, 0.1) is 11.4 Å².